The van der Waals surface area contributed by atoms with E-state index in [-0.39, 0.29) is 0 Å². The fourth-order valence-electron chi connectivity index (χ4n) is 1.81. The lowest BCUT2D eigenvalue weighted by Gasteiger charge is -2.15. The monoisotopic (exact) mass is 223 g/mol. The Kier molecular flexibility index (Phi) is 5.90. The maximum Gasteiger partial charge on any atom is 0.118 e. The third-order valence-corrected chi connectivity index (χ3v) is 2.58. The second-order valence-corrected chi connectivity index (χ2v) is 3.93. The molecule has 1 rings (SSSR count). The summed E-state index contributed by atoms with van der Waals surface area (Å²) >= 11 is 0. The van der Waals surface area contributed by atoms with Crippen molar-refractivity contribution in [3.8, 4) is 5.75 Å². The zero-order chi connectivity index (χ0) is 11.8. The Morgan fingerprint density at radius 2 is 1.88 bits per heavy atom. The molecule has 0 bridgehead atoms. The molecule has 3 heteroatoms. The van der Waals surface area contributed by atoms with E-state index in [2.05, 4.69) is 17.4 Å². The zero-order valence-corrected chi connectivity index (χ0v) is 10.3. The molecule has 0 fully saturated rings. The second kappa shape index (κ2) is 7.25. The van der Waals surface area contributed by atoms with Crippen molar-refractivity contribution in [2.75, 3.05) is 34.4 Å². The van der Waals surface area contributed by atoms with E-state index in [1.165, 1.54) is 5.56 Å². The van der Waals surface area contributed by atoms with Gasteiger partial charge < -0.3 is 14.8 Å². The van der Waals surface area contributed by atoms with E-state index in [1.807, 2.05) is 19.2 Å². The third-order valence-electron chi connectivity index (χ3n) is 2.58. The smallest absolute Gasteiger partial charge is 0.118 e. The van der Waals surface area contributed by atoms with Crippen LogP contribution in [0.15, 0.2) is 24.3 Å². The Morgan fingerprint density at radius 3 is 2.38 bits per heavy atom. The number of benzene rings is 1. The van der Waals surface area contributed by atoms with Crippen LogP contribution in [0.5, 0.6) is 5.75 Å². The molecular weight excluding hydrogens is 202 g/mol. The van der Waals surface area contributed by atoms with Gasteiger partial charge in [-0.3, -0.25) is 0 Å². The van der Waals surface area contributed by atoms with E-state index in [0.29, 0.717) is 5.92 Å². The summed E-state index contributed by atoms with van der Waals surface area (Å²) < 4.78 is 10.3. The van der Waals surface area contributed by atoms with Crippen LogP contribution in [-0.4, -0.2) is 34.4 Å². The molecule has 1 aromatic rings. The van der Waals surface area contributed by atoms with Gasteiger partial charge in [0.25, 0.3) is 0 Å². The standard InChI is InChI=1S/C13H21NO2/c1-14-9-12(10-15-2)8-11-4-6-13(16-3)7-5-11/h4-7,12,14H,8-10H2,1-3H3. The number of methoxy groups -OCH3 is 2. The minimum absolute atomic E-state index is 0.517. The first-order valence-corrected chi connectivity index (χ1v) is 5.56. The van der Waals surface area contributed by atoms with Crippen LogP contribution in [0.1, 0.15) is 5.56 Å². The van der Waals surface area contributed by atoms with Crippen molar-refractivity contribution in [3.05, 3.63) is 29.8 Å². The molecule has 0 aromatic heterocycles. The van der Waals surface area contributed by atoms with Crippen LogP contribution < -0.4 is 10.1 Å². The highest BCUT2D eigenvalue weighted by Gasteiger charge is 2.08. The Balaban J connectivity index is 2.54. The quantitative estimate of drug-likeness (QED) is 0.763. The van der Waals surface area contributed by atoms with E-state index >= 15 is 0 Å². The number of hydrogen-bond donors (Lipinski definition) is 1. The van der Waals surface area contributed by atoms with Gasteiger partial charge in [0.1, 0.15) is 5.75 Å². The van der Waals surface area contributed by atoms with Gasteiger partial charge in [-0.1, -0.05) is 12.1 Å². The van der Waals surface area contributed by atoms with Crippen molar-refractivity contribution in [3.63, 3.8) is 0 Å². The average molecular weight is 223 g/mol. The average Bonchev–Trinajstić information content (AvgIpc) is 2.31. The van der Waals surface area contributed by atoms with Crippen molar-refractivity contribution in [1.82, 2.24) is 5.32 Å². The summed E-state index contributed by atoms with van der Waals surface area (Å²) in [7, 11) is 5.40. The summed E-state index contributed by atoms with van der Waals surface area (Å²) in [5.41, 5.74) is 1.32. The highest BCUT2D eigenvalue weighted by atomic mass is 16.5. The lowest BCUT2D eigenvalue weighted by atomic mass is 10.00. The molecule has 1 atom stereocenters. The fraction of sp³-hybridized carbons (Fsp3) is 0.538. The molecule has 0 radical (unpaired) electrons. The Hall–Kier alpha value is -1.06. The maximum absolute atomic E-state index is 5.21. The molecule has 0 aliphatic carbocycles. The number of nitrogens with one attached hydrogen (secondary N) is 1. The number of ether oxygens (including phenoxy) is 2. The van der Waals surface area contributed by atoms with Crippen LogP contribution in [0.4, 0.5) is 0 Å². The molecule has 0 saturated heterocycles. The van der Waals surface area contributed by atoms with Crippen LogP contribution in [-0.2, 0) is 11.2 Å². The molecule has 0 heterocycles. The molecular formula is C13H21NO2. The number of rotatable bonds is 7. The molecule has 0 spiro atoms. The van der Waals surface area contributed by atoms with Gasteiger partial charge in [-0.15, -0.1) is 0 Å². The third kappa shape index (κ3) is 4.21. The van der Waals surface area contributed by atoms with Gasteiger partial charge in [0, 0.05) is 13.7 Å². The van der Waals surface area contributed by atoms with E-state index in [4.69, 9.17) is 9.47 Å². The predicted octanol–water partition coefficient (Wildman–Crippen LogP) is 1.72. The molecule has 1 N–H and O–H groups in total. The Labute approximate surface area is 97.8 Å². The van der Waals surface area contributed by atoms with Gasteiger partial charge in [-0.2, -0.15) is 0 Å². The molecule has 0 saturated carbocycles. The summed E-state index contributed by atoms with van der Waals surface area (Å²) in [6.07, 6.45) is 1.03. The first kappa shape index (κ1) is 13.0. The topological polar surface area (TPSA) is 30.5 Å². The molecule has 1 aromatic carbocycles. The summed E-state index contributed by atoms with van der Waals surface area (Å²) in [5, 5.41) is 3.19. The van der Waals surface area contributed by atoms with Crippen LogP contribution in [0.2, 0.25) is 0 Å². The zero-order valence-electron chi connectivity index (χ0n) is 10.3. The van der Waals surface area contributed by atoms with E-state index < -0.39 is 0 Å². The van der Waals surface area contributed by atoms with Crippen molar-refractivity contribution >= 4 is 0 Å². The predicted molar refractivity (Wildman–Crippen MR) is 66.0 cm³/mol. The molecule has 0 amide bonds. The minimum atomic E-state index is 0.517. The first-order chi connectivity index (χ1) is 7.80. The molecule has 1 unspecified atom stereocenters. The van der Waals surface area contributed by atoms with Gasteiger partial charge in [-0.05, 0) is 37.1 Å². The number of hydrogen-bond acceptors (Lipinski definition) is 3. The normalized spacial score (nSPS) is 12.4. The summed E-state index contributed by atoms with van der Waals surface area (Å²) in [4.78, 5) is 0. The van der Waals surface area contributed by atoms with E-state index in [1.54, 1.807) is 14.2 Å². The highest BCUT2D eigenvalue weighted by molar-refractivity contribution is 5.27. The summed E-state index contributed by atoms with van der Waals surface area (Å²) in [6.45, 7) is 1.76. The Bertz CT molecular complexity index is 278. The van der Waals surface area contributed by atoms with E-state index in [9.17, 15) is 0 Å². The van der Waals surface area contributed by atoms with E-state index in [0.717, 1.165) is 25.3 Å². The SMILES string of the molecule is CNCC(COC)Cc1ccc(OC)cc1. The largest absolute Gasteiger partial charge is 0.497 e. The van der Waals surface area contributed by atoms with Crippen molar-refractivity contribution in [2.24, 2.45) is 5.92 Å². The lowest BCUT2D eigenvalue weighted by Crippen LogP contribution is -2.24. The lowest BCUT2D eigenvalue weighted by molar-refractivity contribution is 0.152. The van der Waals surface area contributed by atoms with Gasteiger partial charge in [0.05, 0.1) is 13.7 Å². The van der Waals surface area contributed by atoms with Crippen LogP contribution in [0.3, 0.4) is 0 Å². The van der Waals surface area contributed by atoms with Crippen molar-refractivity contribution in [2.45, 2.75) is 6.42 Å². The van der Waals surface area contributed by atoms with Gasteiger partial charge in [-0.25, -0.2) is 0 Å². The molecule has 16 heavy (non-hydrogen) atoms. The second-order valence-electron chi connectivity index (χ2n) is 3.93. The van der Waals surface area contributed by atoms with Gasteiger partial charge in [0.2, 0.25) is 0 Å². The van der Waals surface area contributed by atoms with Crippen molar-refractivity contribution in [1.29, 1.82) is 0 Å². The maximum atomic E-state index is 5.21. The van der Waals surface area contributed by atoms with Crippen LogP contribution >= 0.6 is 0 Å². The summed E-state index contributed by atoms with van der Waals surface area (Å²) in [6, 6.07) is 8.21. The Morgan fingerprint density at radius 1 is 1.19 bits per heavy atom. The van der Waals surface area contributed by atoms with Gasteiger partial charge in [0.15, 0.2) is 0 Å². The van der Waals surface area contributed by atoms with Crippen LogP contribution in [0.25, 0.3) is 0 Å². The first-order valence-electron chi connectivity index (χ1n) is 5.56. The minimum Gasteiger partial charge on any atom is -0.497 e. The van der Waals surface area contributed by atoms with Gasteiger partial charge >= 0.3 is 0 Å². The molecule has 0 aliphatic rings. The highest BCUT2D eigenvalue weighted by Crippen LogP contribution is 2.14. The molecule has 90 valence electrons. The molecule has 0 aliphatic heterocycles. The van der Waals surface area contributed by atoms with Crippen molar-refractivity contribution < 1.29 is 9.47 Å². The fourth-order valence-corrected chi connectivity index (χ4v) is 1.81. The summed E-state index contributed by atoms with van der Waals surface area (Å²) in [5.74, 6) is 1.42. The molecule has 3 nitrogen and oxygen atoms in total. The van der Waals surface area contributed by atoms with Crippen LogP contribution in [0, 0.1) is 5.92 Å².